The van der Waals surface area contributed by atoms with E-state index in [4.69, 9.17) is 5.73 Å². The molecule has 0 heterocycles. The Labute approximate surface area is 105 Å². The Hall–Kier alpha value is -0.860. The molecule has 0 spiro atoms. The molecule has 0 aromatic heterocycles. The van der Waals surface area contributed by atoms with Crippen LogP contribution in [0.15, 0.2) is 24.3 Å². The largest absolute Gasteiger partial charge is 0.327 e. The summed E-state index contributed by atoms with van der Waals surface area (Å²) in [6, 6.07) is 9.18. The van der Waals surface area contributed by atoms with Gasteiger partial charge in [0.2, 0.25) is 0 Å². The fourth-order valence-corrected chi connectivity index (χ4v) is 2.99. The van der Waals surface area contributed by atoms with Crippen molar-refractivity contribution in [2.45, 2.75) is 38.1 Å². The molecule has 1 aliphatic rings. The number of fused-ring (bicyclic) bond motifs is 1. The van der Waals surface area contributed by atoms with Crippen LogP contribution in [0, 0.1) is 0 Å². The number of rotatable bonds is 4. The van der Waals surface area contributed by atoms with Crippen molar-refractivity contribution in [3.63, 3.8) is 0 Å². The van der Waals surface area contributed by atoms with E-state index in [0.29, 0.717) is 5.92 Å². The zero-order chi connectivity index (χ0) is 12.3. The van der Waals surface area contributed by atoms with E-state index in [9.17, 15) is 0 Å². The fourth-order valence-electron chi connectivity index (χ4n) is 2.99. The minimum Gasteiger partial charge on any atom is -0.327 e. The molecule has 0 saturated carbocycles. The van der Waals surface area contributed by atoms with E-state index in [1.807, 2.05) is 0 Å². The van der Waals surface area contributed by atoms with Gasteiger partial charge in [0.1, 0.15) is 0 Å². The lowest BCUT2D eigenvalue weighted by molar-refractivity contribution is 0.285. The lowest BCUT2D eigenvalue weighted by atomic mass is 9.82. The Morgan fingerprint density at radius 2 is 2.18 bits per heavy atom. The van der Waals surface area contributed by atoms with Crippen LogP contribution in [0.25, 0.3) is 0 Å². The van der Waals surface area contributed by atoms with Gasteiger partial charge in [0.15, 0.2) is 0 Å². The topological polar surface area (TPSA) is 29.3 Å². The first-order chi connectivity index (χ1) is 8.16. The van der Waals surface area contributed by atoms with E-state index in [1.54, 1.807) is 11.1 Å². The Morgan fingerprint density at radius 1 is 1.41 bits per heavy atom. The van der Waals surface area contributed by atoms with E-state index in [2.05, 4.69) is 43.1 Å². The summed E-state index contributed by atoms with van der Waals surface area (Å²) in [5.74, 6) is 0.698. The van der Waals surface area contributed by atoms with E-state index >= 15 is 0 Å². The molecule has 94 valence electrons. The molecule has 1 aliphatic carbocycles. The summed E-state index contributed by atoms with van der Waals surface area (Å²) in [4.78, 5) is 2.37. The van der Waals surface area contributed by atoms with Crippen molar-refractivity contribution >= 4 is 0 Å². The van der Waals surface area contributed by atoms with Gasteiger partial charge in [-0.3, -0.25) is 0 Å². The molecular weight excluding hydrogens is 208 g/mol. The molecular formula is C15H24N2. The van der Waals surface area contributed by atoms with Gasteiger partial charge >= 0.3 is 0 Å². The SMILES string of the molecule is CC(N)CN(C)CC1CCCc2ccccc21. The average Bonchev–Trinajstić information content (AvgIpc) is 2.28. The van der Waals surface area contributed by atoms with Crippen LogP contribution >= 0.6 is 0 Å². The lowest BCUT2D eigenvalue weighted by Gasteiger charge is -2.30. The second kappa shape index (κ2) is 5.65. The van der Waals surface area contributed by atoms with Crippen LogP contribution < -0.4 is 5.73 Å². The van der Waals surface area contributed by atoms with Crippen molar-refractivity contribution in [1.29, 1.82) is 0 Å². The summed E-state index contributed by atoms with van der Waals surface area (Å²) >= 11 is 0. The number of likely N-dealkylation sites (N-methyl/N-ethyl adjacent to an activating group) is 1. The highest BCUT2D eigenvalue weighted by atomic mass is 15.1. The maximum atomic E-state index is 5.85. The third-order valence-electron chi connectivity index (χ3n) is 3.63. The molecule has 2 nitrogen and oxygen atoms in total. The molecule has 0 saturated heterocycles. The molecule has 2 rings (SSSR count). The minimum atomic E-state index is 0.263. The van der Waals surface area contributed by atoms with Gasteiger partial charge in [-0.2, -0.15) is 0 Å². The van der Waals surface area contributed by atoms with Crippen LogP contribution in [0.1, 0.15) is 36.8 Å². The van der Waals surface area contributed by atoms with E-state index in [0.717, 1.165) is 13.1 Å². The summed E-state index contributed by atoms with van der Waals surface area (Å²) in [5.41, 5.74) is 8.97. The Bertz CT molecular complexity index is 360. The Balaban J connectivity index is 2.03. The molecule has 2 unspecified atom stereocenters. The normalized spacial score (nSPS) is 21.3. The standard InChI is InChI=1S/C15H24N2/c1-12(16)10-17(2)11-14-8-5-7-13-6-3-4-9-15(13)14/h3-4,6,9,12,14H,5,7-8,10-11,16H2,1-2H3. The molecule has 0 amide bonds. The molecule has 0 fully saturated rings. The van der Waals surface area contributed by atoms with Gasteiger partial charge in [0.25, 0.3) is 0 Å². The molecule has 2 atom stereocenters. The first-order valence-corrected chi connectivity index (χ1v) is 6.68. The van der Waals surface area contributed by atoms with Crippen LogP contribution in [-0.2, 0) is 6.42 Å². The molecule has 0 aliphatic heterocycles. The maximum Gasteiger partial charge on any atom is 0.0139 e. The number of hydrogen-bond donors (Lipinski definition) is 1. The molecule has 2 heteroatoms. The molecule has 1 aromatic carbocycles. The van der Waals surface area contributed by atoms with Crippen LogP contribution in [0.3, 0.4) is 0 Å². The molecule has 0 radical (unpaired) electrons. The fraction of sp³-hybridized carbons (Fsp3) is 0.600. The second-order valence-electron chi connectivity index (χ2n) is 5.49. The van der Waals surface area contributed by atoms with Crippen LogP contribution in [0.5, 0.6) is 0 Å². The van der Waals surface area contributed by atoms with E-state index < -0.39 is 0 Å². The van der Waals surface area contributed by atoms with Crippen LogP contribution in [0.4, 0.5) is 0 Å². The number of nitrogens with zero attached hydrogens (tertiary/aromatic N) is 1. The lowest BCUT2D eigenvalue weighted by Crippen LogP contribution is -2.36. The highest BCUT2D eigenvalue weighted by molar-refractivity contribution is 5.32. The molecule has 1 aromatic rings. The number of benzene rings is 1. The van der Waals surface area contributed by atoms with Gasteiger partial charge in [-0.25, -0.2) is 0 Å². The van der Waals surface area contributed by atoms with Gasteiger partial charge in [-0.15, -0.1) is 0 Å². The zero-order valence-corrected chi connectivity index (χ0v) is 11.0. The van der Waals surface area contributed by atoms with E-state index in [1.165, 1.54) is 19.3 Å². The third kappa shape index (κ3) is 3.30. The van der Waals surface area contributed by atoms with Crippen molar-refractivity contribution in [1.82, 2.24) is 4.90 Å². The van der Waals surface area contributed by atoms with Crippen LogP contribution in [-0.4, -0.2) is 31.1 Å². The predicted molar refractivity (Wildman–Crippen MR) is 73.3 cm³/mol. The smallest absolute Gasteiger partial charge is 0.0139 e. The third-order valence-corrected chi connectivity index (χ3v) is 3.63. The van der Waals surface area contributed by atoms with Crippen molar-refractivity contribution < 1.29 is 0 Å². The van der Waals surface area contributed by atoms with Crippen molar-refractivity contribution in [3.05, 3.63) is 35.4 Å². The second-order valence-corrected chi connectivity index (χ2v) is 5.49. The van der Waals surface area contributed by atoms with Crippen LogP contribution in [0.2, 0.25) is 0 Å². The molecule has 2 N–H and O–H groups in total. The minimum absolute atomic E-state index is 0.263. The van der Waals surface area contributed by atoms with Crippen molar-refractivity contribution in [3.8, 4) is 0 Å². The van der Waals surface area contributed by atoms with E-state index in [-0.39, 0.29) is 6.04 Å². The predicted octanol–water partition coefficient (Wildman–Crippen LogP) is 2.39. The summed E-state index contributed by atoms with van der Waals surface area (Å²) in [6.45, 7) is 4.20. The van der Waals surface area contributed by atoms with Gasteiger partial charge in [0, 0.05) is 19.1 Å². The highest BCUT2D eigenvalue weighted by Gasteiger charge is 2.20. The monoisotopic (exact) mass is 232 g/mol. The van der Waals surface area contributed by atoms with Gasteiger partial charge in [-0.1, -0.05) is 24.3 Å². The first kappa shape index (κ1) is 12.6. The van der Waals surface area contributed by atoms with Crippen molar-refractivity contribution in [2.24, 2.45) is 5.73 Å². The van der Waals surface area contributed by atoms with Gasteiger partial charge < -0.3 is 10.6 Å². The molecule has 0 bridgehead atoms. The summed E-state index contributed by atoms with van der Waals surface area (Å²) in [7, 11) is 2.18. The quantitative estimate of drug-likeness (QED) is 0.863. The van der Waals surface area contributed by atoms with Gasteiger partial charge in [-0.05, 0) is 50.3 Å². The number of aryl methyl sites for hydroxylation is 1. The summed E-state index contributed by atoms with van der Waals surface area (Å²) in [5, 5.41) is 0. The highest BCUT2D eigenvalue weighted by Crippen LogP contribution is 2.31. The number of hydrogen-bond acceptors (Lipinski definition) is 2. The summed E-state index contributed by atoms with van der Waals surface area (Å²) < 4.78 is 0. The summed E-state index contributed by atoms with van der Waals surface area (Å²) in [6.07, 6.45) is 3.90. The van der Waals surface area contributed by atoms with Gasteiger partial charge in [0.05, 0.1) is 0 Å². The molecule has 17 heavy (non-hydrogen) atoms. The number of nitrogens with two attached hydrogens (primary N) is 1. The van der Waals surface area contributed by atoms with Crippen molar-refractivity contribution in [2.75, 3.05) is 20.1 Å². The Kier molecular flexibility index (Phi) is 4.19. The average molecular weight is 232 g/mol. The Morgan fingerprint density at radius 3 is 2.94 bits per heavy atom. The zero-order valence-electron chi connectivity index (χ0n) is 11.0. The first-order valence-electron chi connectivity index (χ1n) is 6.68. The maximum absolute atomic E-state index is 5.85.